The minimum absolute atomic E-state index is 0.0137. The molecule has 2 atom stereocenters. The summed E-state index contributed by atoms with van der Waals surface area (Å²) < 4.78 is 1.56. The van der Waals surface area contributed by atoms with Gasteiger partial charge >= 0.3 is 5.97 Å². The topological polar surface area (TPSA) is 75.4 Å². The van der Waals surface area contributed by atoms with Gasteiger partial charge in [-0.3, -0.25) is 14.3 Å². The monoisotopic (exact) mass is 237 g/mol. The van der Waals surface area contributed by atoms with E-state index in [-0.39, 0.29) is 18.4 Å². The van der Waals surface area contributed by atoms with E-state index < -0.39 is 11.9 Å². The molecule has 6 nitrogen and oxygen atoms in total. The Kier molecular flexibility index (Phi) is 2.87. The van der Waals surface area contributed by atoms with Crippen LogP contribution in [0.1, 0.15) is 17.4 Å². The molecule has 0 spiro atoms. The van der Waals surface area contributed by atoms with Gasteiger partial charge in [0, 0.05) is 26.3 Å². The molecule has 2 rings (SSSR count). The molecule has 17 heavy (non-hydrogen) atoms. The first kappa shape index (κ1) is 11.6. The molecule has 0 bridgehead atoms. The third kappa shape index (κ3) is 2.15. The summed E-state index contributed by atoms with van der Waals surface area (Å²) in [7, 11) is 1.74. The molecular weight excluding hydrogens is 222 g/mol. The normalized spacial score (nSPS) is 24.0. The molecule has 1 aromatic heterocycles. The van der Waals surface area contributed by atoms with Gasteiger partial charge in [0.25, 0.3) is 5.91 Å². The van der Waals surface area contributed by atoms with Gasteiger partial charge in [-0.25, -0.2) is 0 Å². The lowest BCUT2D eigenvalue weighted by molar-refractivity contribution is -0.142. The lowest BCUT2D eigenvalue weighted by atomic mass is 9.99. The number of rotatable bonds is 2. The van der Waals surface area contributed by atoms with Crippen molar-refractivity contribution >= 4 is 11.9 Å². The lowest BCUT2D eigenvalue weighted by Gasteiger charge is -2.13. The van der Waals surface area contributed by atoms with Crippen LogP contribution in [0.5, 0.6) is 0 Å². The highest BCUT2D eigenvalue weighted by atomic mass is 16.4. The smallest absolute Gasteiger partial charge is 0.308 e. The molecule has 1 fully saturated rings. The van der Waals surface area contributed by atoms with Crippen molar-refractivity contribution in [1.29, 1.82) is 0 Å². The third-order valence-corrected chi connectivity index (χ3v) is 3.15. The quantitative estimate of drug-likeness (QED) is 0.798. The fraction of sp³-hybridized carbons (Fsp3) is 0.545. The van der Waals surface area contributed by atoms with Crippen LogP contribution in [0.2, 0.25) is 0 Å². The summed E-state index contributed by atoms with van der Waals surface area (Å²) in [6, 6.07) is 1.64. The maximum atomic E-state index is 12.0. The Balaban J connectivity index is 2.10. The largest absolute Gasteiger partial charge is 0.481 e. The van der Waals surface area contributed by atoms with Crippen LogP contribution in [-0.4, -0.2) is 44.8 Å². The van der Waals surface area contributed by atoms with E-state index >= 15 is 0 Å². The molecule has 1 aromatic rings. The third-order valence-electron chi connectivity index (χ3n) is 3.15. The van der Waals surface area contributed by atoms with Gasteiger partial charge in [-0.05, 0) is 12.0 Å². The molecule has 0 saturated carbocycles. The molecule has 1 aliphatic heterocycles. The zero-order valence-corrected chi connectivity index (χ0v) is 9.83. The van der Waals surface area contributed by atoms with Crippen LogP contribution in [0, 0.1) is 11.8 Å². The van der Waals surface area contributed by atoms with Crippen molar-refractivity contribution in [3.63, 3.8) is 0 Å². The number of hydrogen-bond acceptors (Lipinski definition) is 3. The molecule has 1 amide bonds. The second-order valence-corrected chi connectivity index (χ2v) is 4.51. The maximum absolute atomic E-state index is 12.0. The van der Waals surface area contributed by atoms with Gasteiger partial charge in [0.2, 0.25) is 0 Å². The van der Waals surface area contributed by atoms with E-state index in [0.717, 1.165) is 0 Å². The summed E-state index contributed by atoms with van der Waals surface area (Å²) in [5, 5.41) is 13.0. The van der Waals surface area contributed by atoms with Crippen molar-refractivity contribution in [1.82, 2.24) is 14.7 Å². The standard InChI is InChI=1S/C11H15N3O3/c1-7-5-14(6-8(7)11(16)17)10(15)9-3-4-13(2)12-9/h3-4,7-8H,5-6H2,1-2H3,(H,16,17). The highest BCUT2D eigenvalue weighted by molar-refractivity contribution is 5.92. The number of aryl methyl sites for hydroxylation is 1. The lowest BCUT2D eigenvalue weighted by Crippen LogP contribution is -2.30. The van der Waals surface area contributed by atoms with Gasteiger partial charge in [-0.15, -0.1) is 0 Å². The second kappa shape index (κ2) is 4.20. The van der Waals surface area contributed by atoms with Crippen molar-refractivity contribution in [2.75, 3.05) is 13.1 Å². The Morgan fingerprint density at radius 1 is 1.47 bits per heavy atom. The molecule has 1 N–H and O–H groups in total. The van der Waals surface area contributed by atoms with E-state index in [1.165, 1.54) is 0 Å². The van der Waals surface area contributed by atoms with Gasteiger partial charge in [0.1, 0.15) is 5.69 Å². The minimum Gasteiger partial charge on any atom is -0.481 e. The van der Waals surface area contributed by atoms with Gasteiger partial charge in [-0.2, -0.15) is 5.10 Å². The Morgan fingerprint density at radius 2 is 2.18 bits per heavy atom. The van der Waals surface area contributed by atoms with Crippen LogP contribution in [0.25, 0.3) is 0 Å². The summed E-state index contributed by atoms with van der Waals surface area (Å²) in [6.07, 6.45) is 1.70. The van der Waals surface area contributed by atoms with E-state index in [4.69, 9.17) is 5.11 Å². The highest BCUT2D eigenvalue weighted by Crippen LogP contribution is 2.24. The molecule has 0 aromatic carbocycles. The van der Waals surface area contributed by atoms with Crippen LogP contribution < -0.4 is 0 Å². The molecule has 0 radical (unpaired) electrons. The SMILES string of the molecule is CC1CN(C(=O)c2ccn(C)n2)CC1C(=O)O. The number of carbonyl (C=O) groups excluding carboxylic acids is 1. The number of carboxylic acids is 1. The van der Waals surface area contributed by atoms with E-state index in [2.05, 4.69) is 5.10 Å². The van der Waals surface area contributed by atoms with E-state index in [1.54, 1.807) is 28.9 Å². The molecule has 1 saturated heterocycles. The number of carboxylic acid groups (broad SMARTS) is 1. The van der Waals surface area contributed by atoms with Crippen molar-refractivity contribution in [2.24, 2.45) is 18.9 Å². The maximum Gasteiger partial charge on any atom is 0.308 e. The first-order valence-electron chi connectivity index (χ1n) is 5.50. The highest BCUT2D eigenvalue weighted by Gasteiger charge is 2.37. The number of amides is 1. The Morgan fingerprint density at radius 3 is 2.65 bits per heavy atom. The Bertz CT molecular complexity index is 455. The van der Waals surface area contributed by atoms with Crippen molar-refractivity contribution in [2.45, 2.75) is 6.92 Å². The van der Waals surface area contributed by atoms with E-state index in [1.807, 2.05) is 6.92 Å². The minimum atomic E-state index is -0.839. The van der Waals surface area contributed by atoms with Gasteiger partial charge in [0.05, 0.1) is 5.92 Å². The molecule has 0 aliphatic carbocycles. The summed E-state index contributed by atoms with van der Waals surface area (Å²) >= 11 is 0. The van der Waals surface area contributed by atoms with E-state index in [9.17, 15) is 9.59 Å². The van der Waals surface area contributed by atoms with Crippen LogP contribution in [0.4, 0.5) is 0 Å². The van der Waals surface area contributed by atoms with Gasteiger partial charge in [0.15, 0.2) is 0 Å². The van der Waals surface area contributed by atoms with Crippen LogP contribution in [0.15, 0.2) is 12.3 Å². The van der Waals surface area contributed by atoms with Crippen molar-refractivity contribution in [3.05, 3.63) is 18.0 Å². The second-order valence-electron chi connectivity index (χ2n) is 4.51. The van der Waals surface area contributed by atoms with Gasteiger partial charge < -0.3 is 10.0 Å². The molecule has 2 unspecified atom stereocenters. The zero-order chi connectivity index (χ0) is 12.6. The summed E-state index contributed by atoms with van der Waals surface area (Å²) in [5.74, 6) is -1.52. The van der Waals surface area contributed by atoms with Crippen molar-refractivity contribution < 1.29 is 14.7 Å². The number of likely N-dealkylation sites (tertiary alicyclic amines) is 1. The number of carbonyl (C=O) groups is 2. The van der Waals surface area contributed by atoms with Crippen LogP contribution in [-0.2, 0) is 11.8 Å². The first-order chi connectivity index (χ1) is 7.99. The van der Waals surface area contributed by atoms with Crippen LogP contribution in [0.3, 0.4) is 0 Å². The van der Waals surface area contributed by atoms with Crippen molar-refractivity contribution in [3.8, 4) is 0 Å². The summed E-state index contributed by atoms with van der Waals surface area (Å²) in [4.78, 5) is 24.6. The average Bonchev–Trinajstić information content (AvgIpc) is 2.83. The number of aliphatic carboxylic acids is 1. The number of nitrogens with zero attached hydrogens (tertiary/aromatic N) is 3. The number of hydrogen-bond donors (Lipinski definition) is 1. The average molecular weight is 237 g/mol. The number of aromatic nitrogens is 2. The summed E-state index contributed by atoms with van der Waals surface area (Å²) in [6.45, 7) is 2.60. The van der Waals surface area contributed by atoms with Gasteiger partial charge in [-0.1, -0.05) is 6.92 Å². The Hall–Kier alpha value is -1.85. The molecule has 6 heteroatoms. The molecule has 2 heterocycles. The first-order valence-corrected chi connectivity index (χ1v) is 5.50. The van der Waals surface area contributed by atoms with Crippen LogP contribution >= 0.6 is 0 Å². The fourth-order valence-corrected chi connectivity index (χ4v) is 2.15. The predicted octanol–water partition coefficient (Wildman–Crippen LogP) is 0.213. The molecule has 1 aliphatic rings. The fourth-order valence-electron chi connectivity index (χ4n) is 2.15. The zero-order valence-electron chi connectivity index (χ0n) is 9.83. The summed E-state index contributed by atoms with van der Waals surface area (Å²) in [5.41, 5.74) is 0.366. The predicted molar refractivity (Wildman–Crippen MR) is 59.4 cm³/mol. The molecule has 92 valence electrons. The Labute approximate surface area is 98.8 Å². The van der Waals surface area contributed by atoms with E-state index in [0.29, 0.717) is 12.2 Å². The molecular formula is C11H15N3O3.